The molecular weight excluding hydrogens is 382 g/mol. The van der Waals surface area contributed by atoms with Gasteiger partial charge >= 0.3 is 0 Å². The number of methoxy groups -OCH3 is 1. The molecule has 0 saturated heterocycles. The maximum Gasteiger partial charge on any atom is 0.255 e. The minimum absolute atomic E-state index is 0.247. The topological polar surface area (TPSA) is 53.6 Å². The van der Waals surface area contributed by atoms with Crippen LogP contribution in [0.5, 0.6) is 5.75 Å². The summed E-state index contributed by atoms with van der Waals surface area (Å²) >= 11 is 11.8. The Labute approximate surface area is 169 Å². The maximum atomic E-state index is 13.2. The molecule has 27 heavy (non-hydrogen) atoms. The third-order valence-electron chi connectivity index (χ3n) is 4.57. The van der Waals surface area contributed by atoms with Crippen molar-refractivity contribution in [2.24, 2.45) is 0 Å². The second-order valence-corrected chi connectivity index (χ2v) is 6.91. The van der Waals surface area contributed by atoms with Gasteiger partial charge in [-0.3, -0.25) is 4.79 Å². The average Bonchev–Trinajstić information content (AvgIpc) is 2.66. The number of hydrogen-bond acceptors (Lipinski definition) is 3. The fraction of sp³-hybridized carbons (Fsp3) is 0.200. The van der Waals surface area contributed by atoms with Crippen LogP contribution in [-0.4, -0.2) is 30.1 Å². The van der Waals surface area contributed by atoms with Crippen molar-refractivity contribution < 1.29 is 9.53 Å². The number of halogens is 1. The predicted octanol–water partition coefficient (Wildman–Crippen LogP) is 4.12. The van der Waals surface area contributed by atoms with Crippen LogP contribution >= 0.6 is 23.8 Å². The summed E-state index contributed by atoms with van der Waals surface area (Å²) in [5.41, 5.74) is 2.69. The molecule has 0 radical (unpaired) electrons. The number of anilines is 1. The normalized spacial score (nSPS) is 16.8. The lowest BCUT2D eigenvalue weighted by Gasteiger charge is -2.36. The van der Waals surface area contributed by atoms with Crippen molar-refractivity contribution in [3.05, 3.63) is 70.4 Å². The molecule has 140 valence electrons. The second kappa shape index (κ2) is 7.98. The summed E-state index contributed by atoms with van der Waals surface area (Å²) in [6.45, 7) is 1.87. The Morgan fingerprint density at radius 1 is 1.22 bits per heavy atom. The van der Waals surface area contributed by atoms with Gasteiger partial charge < -0.3 is 20.3 Å². The van der Waals surface area contributed by atoms with E-state index in [9.17, 15) is 4.79 Å². The third kappa shape index (κ3) is 3.77. The van der Waals surface area contributed by atoms with E-state index in [-0.39, 0.29) is 5.91 Å². The number of thiocarbonyl (C=S) groups is 1. The van der Waals surface area contributed by atoms with E-state index in [2.05, 4.69) is 10.6 Å². The van der Waals surface area contributed by atoms with Crippen LogP contribution in [0.25, 0.3) is 0 Å². The van der Waals surface area contributed by atoms with Crippen molar-refractivity contribution in [2.75, 3.05) is 19.5 Å². The van der Waals surface area contributed by atoms with Gasteiger partial charge in [-0.15, -0.1) is 0 Å². The molecule has 1 aliphatic heterocycles. The summed E-state index contributed by atoms with van der Waals surface area (Å²) in [5.74, 6) is 0.342. The molecule has 0 bridgehead atoms. The van der Waals surface area contributed by atoms with Gasteiger partial charge in [0.1, 0.15) is 5.75 Å². The quantitative estimate of drug-likeness (QED) is 0.755. The summed E-state index contributed by atoms with van der Waals surface area (Å²) in [6.07, 6.45) is 0. The smallest absolute Gasteiger partial charge is 0.255 e. The van der Waals surface area contributed by atoms with Crippen molar-refractivity contribution in [3.8, 4) is 5.75 Å². The number of para-hydroxylation sites is 2. The highest BCUT2D eigenvalue weighted by Crippen LogP contribution is 2.35. The van der Waals surface area contributed by atoms with E-state index in [0.29, 0.717) is 27.1 Å². The molecular formula is C20H20ClN3O2S. The molecule has 1 heterocycles. The van der Waals surface area contributed by atoms with Crippen LogP contribution in [0.1, 0.15) is 18.5 Å². The first-order valence-electron chi connectivity index (χ1n) is 8.37. The first-order chi connectivity index (χ1) is 12.9. The molecule has 0 spiro atoms. The number of carbonyl (C=O) groups excluding carboxylic acids is 1. The summed E-state index contributed by atoms with van der Waals surface area (Å²) in [4.78, 5) is 15.0. The summed E-state index contributed by atoms with van der Waals surface area (Å²) < 4.78 is 5.33. The van der Waals surface area contributed by atoms with Crippen LogP contribution in [-0.2, 0) is 4.79 Å². The van der Waals surface area contributed by atoms with E-state index in [1.165, 1.54) is 0 Å². The molecule has 0 unspecified atom stereocenters. The van der Waals surface area contributed by atoms with Crippen molar-refractivity contribution in [1.82, 2.24) is 10.2 Å². The minimum Gasteiger partial charge on any atom is -0.495 e. The van der Waals surface area contributed by atoms with E-state index >= 15 is 0 Å². The van der Waals surface area contributed by atoms with E-state index < -0.39 is 6.04 Å². The number of ether oxygens (including phenoxy) is 1. The highest BCUT2D eigenvalue weighted by atomic mass is 35.5. The molecule has 1 amide bonds. The summed E-state index contributed by atoms with van der Waals surface area (Å²) in [7, 11) is 3.39. The Balaban J connectivity index is 2.04. The fourth-order valence-electron chi connectivity index (χ4n) is 3.01. The zero-order valence-corrected chi connectivity index (χ0v) is 16.8. The highest BCUT2D eigenvalue weighted by Gasteiger charge is 2.33. The van der Waals surface area contributed by atoms with Crippen LogP contribution in [0.3, 0.4) is 0 Å². The summed E-state index contributed by atoms with van der Waals surface area (Å²) in [5, 5.41) is 7.26. The number of nitrogens with zero attached hydrogens (tertiary/aromatic N) is 1. The van der Waals surface area contributed by atoms with Gasteiger partial charge in [-0.05, 0) is 42.9 Å². The lowest BCUT2D eigenvalue weighted by Crippen LogP contribution is -2.46. The molecule has 0 aliphatic carbocycles. The van der Waals surface area contributed by atoms with Crippen molar-refractivity contribution in [1.29, 1.82) is 0 Å². The standard InChI is InChI=1S/C20H20ClN3O2S/c1-12-17(19(25)22-15-10-6-7-11-16(15)26-3)18(23-20(27)24(12)2)13-8-4-5-9-14(13)21/h4-11,18H,1-3H3,(H,22,25)(H,23,27)/t18-/m0/s1. The molecule has 0 fully saturated rings. The van der Waals surface area contributed by atoms with E-state index in [0.717, 1.165) is 11.3 Å². The van der Waals surface area contributed by atoms with Gasteiger partial charge in [0.15, 0.2) is 5.11 Å². The average molecular weight is 402 g/mol. The lowest BCUT2D eigenvalue weighted by atomic mass is 9.94. The molecule has 2 aromatic rings. The van der Waals surface area contributed by atoms with Crippen LogP contribution in [0.15, 0.2) is 59.8 Å². The Morgan fingerprint density at radius 3 is 2.59 bits per heavy atom. The zero-order chi connectivity index (χ0) is 19.6. The Morgan fingerprint density at radius 2 is 1.89 bits per heavy atom. The van der Waals surface area contributed by atoms with Crippen molar-refractivity contribution in [3.63, 3.8) is 0 Å². The Kier molecular flexibility index (Phi) is 5.68. The molecule has 0 saturated carbocycles. The summed E-state index contributed by atoms with van der Waals surface area (Å²) in [6, 6.07) is 14.2. The number of allylic oxidation sites excluding steroid dienone is 1. The minimum atomic E-state index is -0.447. The molecule has 7 heteroatoms. The van der Waals surface area contributed by atoms with Gasteiger partial charge in [0.25, 0.3) is 5.91 Å². The van der Waals surface area contributed by atoms with Crippen molar-refractivity contribution >= 4 is 40.5 Å². The molecule has 0 aromatic heterocycles. The molecule has 1 atom stereocenters. The first kappa shape index (κ1) is 19.2. The number of nitrogens with one attached hydrogen (secondary N) is 2. The molecule has 2 N–H and O–H groups in total. The number of benzene rings is 2. The molecule has 5 nitrogen and oxygen atoms in total. The molecule has 3 rings (SSSR count). The molecule has 2 aromatic carbocycles. The third-order valence-corrected chi connectivity index (χ3v) is 5.31. The van der Waals surface area contributed by atoms with Gasteiger partial charge in [-0.25, -0.2) is 0 Å². The van der Waals surface area contributed by atoms with E-state index in [1.54, 1.807) is 30.2 Å². The van der Waals surface area contributed by atoms with Crippen LogP contribution < -0.4 is 15.4 Å². The maximum absolute atomic E-state index is 13.2. The van der Waals surface area contributed by atoms with Crippen molar-refractivity contribution in [2.45, 2.75) is 13.0 Å². The highest BCUT2D eigenvalue weighted by molar-refractivity contribution is 7.80. The fourth-order valence-corrected chi connectivity index (χ4v) is 3.51. The van der Waals surface area contributed by atoms with Crippen LogP contribution in [0, 0.1) is 0 Å². The van der Waals surface area contributed by atoms with Crippen LogP contribution in [0.2, 0.25) is 5.02 Å². The predicted molar refractivity (Wildman–Crippen MR) is 112 cm³/mol. The van der Waals surface area contributed by atoms with Gasteiger partial charge in [-0.1, -0.05) is 41.9 Å². The van der Waals surface area contributed by atoms with Gasteiger partial charge in [-0.2, -0.15) is 0 Å². The largest absolute Gasteiger partial charge is 0.495 e. The van der Waals surface area contributed by atoms with E-state index in [4.69, 9.17) is 28.6 Å². The lowest BCUT2D eigenvalue weighted by molar-refractivity contribution is -0.113. The second-order valence-electron chi connectivity index (χ2n) is 6.12. The number of carbonyl (C=O) groups is 1. The Bertz CT molecular complexity index is 929. The molecule has 1 aliphatic rings. The van der Waals surface area contributed by atoms with Gasteiger partial charge in [0, 0.05) is 17.8 Å². The zero-order valence-electron chi connectivity index (χ0n) is 15.2. The Hall–Kier alpha value is -2.57. The number of amides is 1. The SMILES string of the molecule is COc1ccccc1NC(=O)C1=C(C)N(C)C(=S)N[C@H]1c1ccccc1Cl. The van der Waals surface area contributed by atoms with Gasteiger partial charge in [0.05, 0.1) is 24.4 Å². The van der Waals surface area contributed by atoms with Gasteiger partial charge in [0.2, 0.25) is 0 Å². The van der Waals surface area contributed by atoms with E-state index in [1.807, 2.05) is 44.3 Å². The monoisotopic (exact) mass is 401 g/mol. The van der Waals surface area contributed by atoms with Crippen LogP contribution in [0.4, 0.5) is 5.69 Å². The number of rotatable bonds is 4. The number of hydrogen-bond donors (Lipinski definition) is 2. The first-order valence-corrected chi connectivity index (χ1v) is 9.16.